The second-order valence-electron chi connectivity index (χ2n) is 9.23. The number of benzene rings is 3. The van der Waals surface area contributed by atoms with Crippen molar-refractivity contribution >= 4 is 43.7 Å². The lowest BCUT2D eigenvalue weighted by Crippen LogP contribution is -2.50. The molecule has 204 valence electrons. The van der Waals surface area contributed by atoms with E-state index in [1.54, 1.807) is 17.0 Å². The van der Waals surface area contributed by atoms with Gasteiger partial charge in [-0.25, -0.2) is 12.7 Å². The van der Waals surface area contributed by atoms with Crippen LogP contribution in [-0.4, -0.2) is 54.5 Å². The Labute approximate surface area is 237 Å². The molecular weight excluding hydrogens is 582 g/mol. The first-order chi connectivity index (χ1) is 18.7. The highest BCUT2D eigenvalue weighted by molar-refractivity contribution is 9.10. The van der Waals surface area contributed by atoms with Gasteiger partial charge in [-0.15, -0.1) is 0 Å². The van der Waals surface area contributed by atoms with E-state index in [0.29, 0.717) is 13.0 Å². The van der Waals surface area contributed by atoms with Gasteiger partial charge in [0.25, 0.3) is 15.9 Å². The molecule has 3 amide bonds. The summed E-state index contributed by atoms with van der Waals surface area (Å²) in [7, 11) is -3.95. The van der Waals surface area contributed by atoms with Crippen LogP contribution in [0.15, 0.2) is 88.2 Å². The van der Waals surface area contributed by atoms with Gasteiger partial charge in [0.15, 0.2) is 0 Å². The van der Waals surface area contributed by atoms with E-state index in [9.17, 15) is 22.8 Å². The zero-order chi connectivity index (χ0) is 28.0. The number of nitrogens with one attached hydrogen (secondary N) is 1. The average molecular weight is 613 g/mol. The van der Waals surface area contributed by atoms with Crippen molar-refractivity contribution in [1.82, 2.24) is 14.5 Å². The Hall–Kier alpha value is -3.50. The molecule has 1 unspecified atom stereocenters. The van der Waals surface area contributed by atoms with Gasteiger partial charge in [-0.2, -0.15) is 0 Å². The third kappa shape index (κ3) is 6.57. The molecule has 1 atom stereocenters. The number of sulfonamides is 1. The highest BCUT2D eigenvalue weighted by Crippen LogP contribution is 2.30. The Kier molecular flexibility index (Phi) is 9.19. The molecule has 0 radical (unpaired) electrons. The van der Waals surface area contributed by atoms with E-state index >= 15 is 0 Å². The first-order valence-corrected chi connectivity index (χ1v) is 15.0. The molecule has 0 saturated heterocycles. The third-order valence-corrected chi connectivity index (χ3v) is 8.92. The van der Waals surface area contributed by atoms with Crippen molar-refractivity contribution in [2.75, 3.05) is 13.1 Å². The summed E-state index contributed by atoms with van der Waals surface area (Å²) in [5.41, 5.74) is 1.90. The van der Waals surface area contributed by atoms with Gasteiger partial charge in [0.1, 0.15) is 10.9 Å². The number of carbonyl (C=O) groups is 3. The summed E-state index contributed by atoms with van der Waals surface area (Å²) in [5.74, 6) is -1.15. The van der Waals surface area contributed by atoms with E-state index in [0.717, 1.165) is 19.9 Å². The molecule has 0 fully saturated rings. The van der Waals surface area contributed by atoms with Gasteiger partial charge in [0.05, 0.1) is 5.56 Å². The van der Waals surface area contributed by atoms with E-state index in [1.807, 2.05) is 61.5 Å². The summed E-state index contributed by atoms with van der Waals surface area (Å²) in [5, 5.41) is 2.85. The highest BCUT2D eigenvalue weighted by Gasteiger charge is 2.40. The van der Waals surface area contributed by atoms with Gasteiger partial charge in [0.2, 0.25) is 11.8 Å². The van der Waals surface area contributed by atoms with Crippen molar-refractivity contribution in [2.45, 2.75) is 43.7 Å². The van der Waals surface area contributed by atoms with Gasteiger partial charge >= 0.3 is 0 Å². The maximum absolute atomic E-state index is 13.7. The monoisotopic (exact) mass is 611 g/mol. The van der Waals surface area contributed by atoms with Crippen LogP contribution in [0.25, 0.3) is 0 Å². The molecule has 1 aliphatic rings. The molecule has 0 aromatic heterocycles. The van der Waals surface area contributed by atoms with Gasteiger partial charge in [-0.1, -0.05) is 70.5 Å². The van der Waals surface area contributed by atoms with E-state index in [-0.39, 0.29) is 48.2 Å². The van der Waals surface area contributed by atoms with Crippen LogP contribution in [-0.2, 0) is 32.6 Å². The zero-order valence-electron chi connectivity index (χ0n) is 21.5. The van der Waals surface area contributed by atoms with Crippen LogP contribution >= 0.6 is 15.9 Å². The zero-order valence-corrected chi connectivity index (χ0v) is 23.9. The van der Waals surface area contributed by atoms with Gasteiger partial charge in [-0.05, 0) is 48.7 Å². The van der Waals surface area contributed by atoms with Crippen molar-refractivity contribution < 1.29 is 22.8 Å². The Morgan fingerprint density at radius 2 is 1.62 bits per heavy atom. The number of nitrogens with zero attached hydrogens (tertiary/aromatic N) is 2. The number of hydrogen-bond donors (Lipinski definition) is 1. The molecule has 1 aliphatic heterocycles. The summed E-state index contributed by atoms with van der Waals surface area (Å²) in [4.78, 5) is 41.2. The van der Waals surface area contributed by atoms with Crippen LogP contribution in [0.1, 0.15) is 41.3 Å². The molecule has 0 saturated carbocycles. The fraction of sp³-hybridized carbons (Fsp3) is 0.276. The van der Waals surface area contributed by atoms with Crippen molar-refractivity contribution in [3.63, 3.8) is 0 Å². The maximum Gasteiger partial charge on any atom is 0.269 e. The standard InChI is InChI=1S/C29H30BrN3O5S/c1-2-31-28(35)25(19-21-9-4-3-5-10-21)32(20-22-14-16-23(30)17-15-22)27(34)13-8-18-33-29(36)24-11-6-7-12-26(24)39(33,37)38/h3-7,9-12,14-17,25H,2,8,13,18-20H2,1H3,(H,31,35). The molecule has 4 rings (SSSR count). The lowest BCUT2D eigenvalue weighted by molar-refractivity contribution is -0.141. The van der Waals surface area contributed by atoms with Crippen LogP contribution in [0.5, 0.6) is 0 Å². The summed E-state index contributed by atoms with van der Waals surface area (Å²) < 4.78 is 27.5. The summed E-state index contributed by atoms with van der Waals surface area (Å²) in [6, 6.07) is 22.3. The molecular formula is C29H30BrN3O5S. The maximum atomic E-state index is 13.7. The van der Waals surface area contributed by atoms with Crippen LogP contribution in [0.4, 0.5) is 0 Å². The number of fused-ring (bicyclic) bond motifs is 1. The molecule has 3 aromatic rings. The van der Waals surface area contributed by atoms with E-state index in [1.165, 1.54) is 12.1 Å². The first-order valence-electron chi connectivity index (χ1n) is 12.7. The van der Waals surface area contributed by atoms with Gasteiger partial charge in [0, 0.05) is 36.9 Å². The summed E-state index contributed by atoms with van der Waals surface area (Å²) >= 11 is 3.42. The molecule has 1 N–H and O–H groups in total. The van der Waals surface area contributed by atoms with Crippen LogP contribution in [0, 0.1) is 0 Å². The minimum absolute atomic E-state index is 0.0163. The minimum atomic E-state index is -3.95. The average Bonchev–Trinajstić information content (AvgIpc) is 3.13. The largest absolute Gasteiger partial charge is 0.355 e. The minimum Gasteiger partial charge on any atom is -0.355 e. The quantitative estimate of drug-likeness (QED) is 0.351. The Bertz CT molecular complexity index is 1450. The summed E-state index contributed by atoms with van der Waals surface area (Å²) in [6.07, 6.45) is 0.419. The highest BCUT2D eigenvalue weighted by atomic mass is 79.9. The second kappa shape index (κ2) is 12.6. The fourth-order valence-corrected chi connectivity index (χ4v) is 6.47. The fourth-order valence-electron chi connectivity index (χ4n) is 4.60. The van der Waals surface area contributed by atoms with E-state index < -0.39 is 22.0 Å². The number of halogens is 1. The molecule has 0 spiro atoms. The van der Waals surface area contributed by atoms with Crippen molar-refractivity contribution in [3.05, 3.63) is 100 Å². The topological polar surface area (TPSA) is 104 Å². The Morgan fingerprint density at radius 3 is 2.28 bits per heavy atom. The smallest absolute Gasteiger partial charge is 0.269 e. The molecule has 1 heterocycles. The van der Waals surface area contributed by atoms with Gasteiger partial charge in [-0.3, -0.25) is 14.4 Å². The van der Waals surface area contributed by atoms with Crippen LogP contribution in [0.3, 0.4) is 0 Å². The van der Waals surface area contributed by atoms with E-state index in [4.69, 9.17) is 0 Å². The van der Waals surface area contributed by atoms with Crippen molar-refractivity contribution in [2.24, 2.45) is 0 Å². The molecule has 39 heavy (non-hydrogen) atoms. The third-order valence-electron chi connectivity index (χ3n) is 6.55. The number of hydrogen-bond acceptors (Lipinski definition) is 5. The van der Waals surface area contributed by atoms with Crippen LogP contribution in [0.2, 0.25) is 0 Å². The molecule has 10 heteroatoms. The normalized spacial score (nSPS) is 14.5. The van der Waals surface area contributed by atoms with Crippen molar-refractivity contribution in [1.29, 1.82) is 0 Å². The van der Waals surface area contributed by atoms with E-state index in [2.05, 4.69) is 21.2 Å². The predicted octanol–water partition coefficient (Wildman–Crippen LogP) is 4.15. The lowest BCUT2D eigenvalue weighted by atomic mass is 10.0. The number of rotatable bonds is 11. The Balaban J connectivity index is 1.55. The lowest BCUT2D eigenvalue weighted by Gasteiger charge is -2.31. The van der Waals surface area contributed by atoms with Crippen molar-refractivity contribution in [3.8, 4) is 0 Å². The number of amides is 3. The molecule has 8 nitrogen and oxygen atoms in total. The van der Waals surface area contributed by atoms with Crippen LogP contribution < -0.4 is 5.32 Å². The second-order valence-corrected chi connectivity index (χ2v) is 12.0. The number of carbonyl (C=O) groups excluding carboxylic acids is 3. The molecule has 0 aliphatic carbocycles. The predicted molar refractivity (Wildman–Crippen MR) is 151 cm³/mol. The SMILES string of the molecule is CCNC(=O)C(Cc1ccccc1)N(Cc1ccc(Br)cc1)C(=O)CCCN1C(=O)c2ccccc2S1(=O)=O. The number of likely N-dealkylation sites (N-methyl/N-ethyl adjacent to an activating group) is 1. The molecule has 3 aromatic carbocycles. The Morgan fingerprint density at radius 1 is 0.949 bits per heavy atom. The summed E-state index contributed by atoms with van der Waals surface area (Å²) in [6.45, 7) is 2.31. The molecule has 0 bridgehead atoms. The first kappa shape index (κ1) is 28.5. The van der Waals surface area contributed by atoms with Gasteiger partial charge < -0.3 is 10.2 Å².